The van der Waals surface area contributed by atoms with Crippen molar-refractivity contribution in [1.82, 2.24) is 4.90 Å². The molecule has 2 atom stereocenters. The molecule has 2 rings (SSSR count). The molecular weight excluding hydrogens is 248 g/mol. The fraction of sp³-hybridized carbons (Fsp3) is 0.588. The van der Waals surface area contributed by atoms with Gasteiger partial charge in [-0.3, -0.25) is 4.79 Å². The number of rotatable bonds is 4. The van der Waals surface area contributed by atoms with Crippen molar-refractivity contribution in [2.45, 2.75) is 57.5 Å². The van der Waals surface area contributed by atoms with Crippen molar-refractivity contribution in [1.29, 1.82) is 0 Å². The van der Waals surface area contributed by atoms with Crippen LogP contribution in [-0.4, -0.2) is 23.4 Å². The second-order valence-corrected chi connectivity index (χ2v) is 5.70. The number of carbonyl (C=O) groups is 1. The first-order chi connectivity index (χ1) is 9.74. The molecule has 1 aromatic carbocycles. The molecule has 1 fully saturated rings. The van der Waals surface area contributed by atoms with Crippen LogP contribution < -0.4 is 5.73 Å². The van der Waals surface area contributed by atoms with Crippen LogP contribution >= 0.6 is 0 Å². The maximum absolute atomic E-state index is 12.6. The highest BCUT2D eigenvalue weighted by Crippen LogP contribution is 2.30. The standard InChI is InChI=1S/C17H26N2O/c1-2-9-15(18)17(20)19-13-8-4-7-12-16(19)14-10-5-3-6-11-14/h3,5-6,10-11,15-16H,2,4,7-9,12-13,18H2,1H3. The average Bonchev–Trinajstić information content (AvgIpc) is 2.73. The number of nitrogens with zero attached hydrogens (tertiary/aromatic N) is 1. The normalized spacial score (nSPS) is 21.3. The van der Waals surface area contributed by atoms with Crippen LogP contribution in [0.15, 0.2) is 30.3 Å². The zero-order valence-electron chi connectivity index (χ0n) is 12.4. The van der Waals surface area contributed by atoms with Gasteiger partial charge in [0.15, 0.2) is 0 Å². The molecule has 0 bridgehead atoms. The Bertz CT molecular complexity index is 418. The van der Waals surface area contributed by atoms with Gasteiger partial charge in [-0.1, -0.05) is 56.5 Å². The fourth-order valence-electron chi connectivity index (χ4n) is 3.04. The summed E-state index contributed by atoms with van der Waals surface area (Å²) in [5.41, 5.74) is 7.30. The number of benzene rings is 1. The number of hydrogen-bond donors (Lipinski definition) is 1. The number of amides is 1. The molecule has 0 aliphatic carbocycles. The van der Waals surface area contributed by atoms with Crippen LogP contribution in [0.2, 0.25) is 0 Å². The third kappa shape index (κ3) is 3.60. The Morgan fingerprint density at radius 2 is 2.05 bits per heavy atom. The van der Waals surface area contributed by atoms with Gasteiger partial charge in [0.2, 0.25) is 5.91 Å². The molecule has 2 N–H and O–H groups in total. The average molecular weight is 274 g/mol. The third-order valence-corrected chi connectivity index (χ3v) is 4.14. The Hall–Kier alpha value is -1.35. The SMILES string of the molecule is CCCC(N)C(=O)N1CCCCCC1c1ccccc1. The van der Waals surface area contributed by atoms with Crippen molar-refractivity contribution in [2.75, 3.05) is 6.54 Å². The molecule has 0 radical (unpaired) electrons. The lowest BCUT2D eigenvalue weighted by atomic mass is 10.00. The van der Waals surface area contributed by atoms with E-state index in [1.54, 1.807) is 0 Å². The van der Waals surface area contributed by atoms with E-state index in [9.17, 15) is 4.79 Å². The van der Waals surface area contributed by atoms with Gasteiger partial charge in [0.25, 0.3) is 0 Å². The molecule has 3 heteroatoms. The van der Waals surface area contributed by atoms with E-state index in [0.29, 0.717) is 0 Å². The summed E-state index contributed by atoms with van der Waals surface area (Å²) in [4.78, 5) is 14.7. The summed E-state index contributed by atoms with van der Waals surface area (Å²) < 4.78 is 0. The van der Waals surface area contributed by atoms with Gasteiger partial charge in [0.1, 0.15) is 0 Å². The molecule has 3 nitrogen and oxygen atoms in total. The van der Waals surface area contributed by atoms with Gasteiger partial charge in [0.05, 0.1) is 12.1 Å². The number of carbonyl (C=O) groups excluding carboxylic acids is 1. The first kappa shape index (κ1) is 15.0. The Morgan fingerprint density at radius 1 is 1.30 bits per heavy atom. The molecule has 0 spiro atoms. The Morgan fingerprint density at radius 3 is 2.75 bits per heavy atom. The van der Waals surface area contributed by atoms with Crippen LogP contribution in [0.4, 0.5) is 0 Å². The smallest absolute Gasteiger partial charge is 0.239 e. The van der Waals surface area contributed by atoms with Crippen molar-refractivity contribution >= 4 is 5.91 Å². The predicted octanol–water partition coefficient (Wildman–Crippen LogP) is 3.26. The summed E-state index contributed by atoms with van der Waals surface area (Å²) in [5.74, 6) is 0.127. The maximum Gasteiger partial charge on any atom is 0.239 e. The lowest BCUT2D eigenvalue weighted by Crippen LogP contribution is -2.45. The van der Waals surface area contributed by atoms with E-state index in [1.807, 2.05) is 11.0 Å². The molecule has 20 heavy (non-hydrogen) atoms. The summed E-state index contributed by atoms with van der Waals surface area (Å²) in [5, 5.41) is 0. The molecule has 0 saturated carbocycles. The number of likely N-dealkylation sites (tertiary alicyclic amines) is 1. The van der Waals surface area contributed by atoms with Gasteiger partial charge in [-0.2, -0.15) is 0 Å². The molecular formula is C17H26N2O. The second-order valence-electron chi connectivity index (χ2n) is 5.70. The van der Waals surface area contributed by atoms with E-state index in [2.05, 4.69) is 31.2 Å². The summed E-state index contributed by atoms with van der Waals surface area (Å²) >= 11 is 0. The van der Waals surface area contributed by atoms with Crippen LogP contribution in [0.5, 0.6) is 0 Å². The number of nitrogens with two attached hydrogens (primary N) is 1. The van der Waals surface area contributed by atoms with Gasteiger partial charge in [-0.15, -0.1) is 0 Å². The molecule has 110 valence electrons. The van der Waals surface area contributed by atoms with Crippen LogP contribution in [0, 0.1) is 0 Å². The highest BCUT2D eigenvalue weighted by molar-refractivity contribution is 5.82. The Balaban J connectivity index is 2.19. The second kappa shape index (κ2) is 7.44. The minimum atomic E-state index is -0.343. The minimum absolute atomic E-state index is 0.127. The van der Waals surface area contributed by atoms with E-state index >= 15 is 0 Å². The quantitative estimate of drug-likeness (QED) is 0.916. The molecule has 0 aromatic heterocycles. The largest absolute Gasteiger partial charge is 0.334 e. The molecule has 1 aromatic rings. The molecule has 2 unspecified atom stereocenters. The highest BCUT2D eigenvalue weighted by atomic mass is 16.2. The van der Waals surface area contributed by atoms with Gasteiger partial charge in [-0.25, -0.2) is 0 Å². The fourth-order valence-corrected chi connectivity index (χ4v) is 3.04. The van der Waals surface area contributed by atoms with Crippen molar-refractivity contribution in [3.8, 4) is 0 Å². The van der Waals surface area contributed by atoms with E-state index in [-0.39, 0.29) is 18.0 Å². The molecule has 1 aliphatic heterocycles. The van der Waals surface area contributed by atoms with E-state index in [0.717, 1.165) is 32.2 Å². The van der Waals surface area contributed by atoms with Crippen molar-refractivity contribution in [3.05, 3.63) is 35.9 Å². The Kier molecular flexibility index (Phi) is 5.60. The molecule has 1 amide bonds. The zero-order chi connectivity index (χ0) is 14.4. The van der Waals surface area contributed by atoms with Crippen LogP contribution in [0.25, 0.3) is 0 Å². The van der Waals surface area contributed by atoms with E-state index < -0.39 is 0 Å². The van der Waals surface area contributed by atoms with Crippen molar-refractivity contribution in [2.24, 2.45) is 5.73 Å². The predicted molar refractivity (Wildman–Crippen MR) is 82.2 cm³/mol. The summed E-state index contributed by atoms with van der Waals surface area (Å²) in [7, 11) is 0. The topological polar surface area (TPSA) is 46.3 Å². The monoisotopic (exact) mass is 274 g/mol. The Labute approximate surface area is 122 Å². The minimum Gasteiger partial charge on any atom is -0.334 e. The molecule has 1 heterocycles. The lowest BCUT2D eigenvalue weighted by Gasteiger charge is -2.32. The first-order valence-electron chi connectivity index (χ1n) is 7.85. The van der Waals surface area contributed by atoms with Crippen LogP contribution in [-0.2, 0) is 4.79 Å². The van der Waals surface area contributed by atoms with Gasteiger partial charge >= 0.3 is 0 Å². The van der Waals surface area contributed by atoms with Gasteiger partial charge in [0, 0.05) is 6.54 Å². The van der Waals surface area contributed by atoms with Crippen LogP contribution in [0.1, 0.15) is 57.1 Å². The summed E-state index contributed by atoms with van der Waals surface area (Å²) in [6, 6.07) is 10.2. The third-order valence-electron chi connectivity index (χ3n) is 4.14. The van der Waals surface area contributed by atoms with Crippen molar-refractivity contribution < 1.29 is 4.79 Å². The summed E-state index contributed by atoms with van der Waals surface area (Å²) in [6.07, 6.45) is 6.26. The number of hydrogen-bond acceptors (Lipinski definition) is 2. The molecule has 1 aliphatic rings. The highest BCUT2D eigenvalue weighted by Gasteiger charge is 2.29. The van der Waals surface area contributed by atoms with E-state index in [4.69, 9.17) is 5.73 Å². The molecule has 1 saturated heterocycles. The van der Waals surface area contributed by atoms with E-state index in [1.165, 1.54) is 18.4 Å². The van der Waals surface area contributed by atoms with Gasteiger partial charge < -0.3 is 10.6 Å². The zero-order valence-corrected chi connectivity index (χ0v) is 12.4. The van der Waals surface area contributed by atoms with Crippen LogP contribution in [0.3, 0.4) is 0 Å². The first-order valence-corrected chi connectivity index (χ1v) is 7.85. The van der Waals surface area contributed by atoms with Crippen molar-refractivity contribution in [3.63, 3.8) is 0 Å². The van der Waals surface area contributed by atoms with Gasteiger partial charge in [-0.05, 0) is 24.8 Å². The summed E-state index contributed by atoms with van der Waals surface area (Å²) in [6.45, 7) is 2.92. The lowest BCUT2D eigenvalue weighted by molar-refractivity contribution is -0.135. The maximum atomic E-state index is 12.6.